The van der Waals surface area contributed by atoms with Crippen molar-refractivity contribution in [2.45, 2.75) is 25.9 Å². The van der Waals surface area contributed by atoms with E-state index in [1.165, 1.54) is 11.3 Å². The molecule has 0 bridgehead atoms. The molecule has 0 saturated heterocycles. The number of benzene rings is 2. The maximum atomic E-state index is 12.0. The zero-order valence-electron chi connectivity index (χ0n) is 15.5. The number of Topliss-reactive ketones (excluding diaryl/α,β-unsaturated/α-hetero) is 1. The molecule has 1 aromatic heterocycles. The van der Waals surface area contributed by atoms with E-state index in [1.54, 1.807) is 12.4 Å². The highest BCUT2D eigenvalue weighted by atomic mass is 32.1. The minimum Gasteiger partial charge on any atom is -0.488 e. The van der Waals surface area contributed by atoms with Crippen LogP contribution in [0, 0.1) is 0 Å². The normalized spacial score (nSPS) is 15.0. The number of nitrogens with one attached hydrogen (secondary N) is 1. The van der Waals surface area contributed by atoms with Crippen molar-refractivity contribution in [1.82, 2.24) is 10.3 Å². The standard InChI is InChI=1S/C22H20N2O3S/c1-14(25)19-4-2-3-5-20(19)15-6-7-21-16(8-15)9-18(27-21)11-23-22(26)10-17-12-28-13-24-17/h2-8,12-13,18H,9-11H2,1H3,(H,23,26). The van der Waals surface area contributed by atoms with Gasteiger partial charge in [0.15, 0.2) is 5.78 Å². The van der Waals surface area contributed by atoms with Gasteiger partial charge in [-0.25, -0.2) is 4.98 Å². The van der Waals surface area contributed by atoms with Crippen LogP contribution < -0.4 is 10.1 Å². The van der Waals surface area contributed by atoms with Crippen LogP contribution in [0.2, 0.25) is 0 Å². The summed E-state index contributed by atoms with van der Waals surface area (Å²) in [6.07, 6.45) is 0.921. The second kappa shape index (κ2) is 7.94. The molecule has 0 saturated carbocycles. The highest BCUT2D eigenvalue weighted by Gasteiger charge is 2.24. The lowest BCUT2D eigenvalue weighted by Gasteiger charge is -2.11. The average molecular weight is 392 g/mol. The van der Waals surface area contributed by atoms with E-state index in [0.717, 1.165) is 34.6 Å². The average Bonchev–Trinajstić information content (AvgIpc) is 3.35. The summed E-state index contributed by atoms with van der Waals surface area (Å²) in [5, 5.41) is 4.80. The fourth-order valence-electron chi connectivity index (χ4n) is 3.42. The smallest absolute Gasteiger partial charge is 0.226 e. The molecular weight excluding hydrogens is 372 g/mol. The molecule has 1 atom stereocenters. The van der Waals surface area contributed by atoms with Crippen LogP contribution in [0.1, 0.15) is 28.5 Å². The van der Waals surface area contributed by atoms with E-state index < -0.39 is 0 Å². The zero-order valence-corrected chi connectivity index (χ0v) is 16.3. The Kier molecular flexibility index (Phi) is 5.21. The van der Waals surface area contributed by atoms with E-state index in [-0.39, 0.29) is 24.2 Å². The second-order valence-corrected chi connectivity index (χ2v) is 7.55. The molecule has 0 aliphatic carbocycles. The van der Waals surface area contributed by atoms with Crippen LogP contribution in [0.25, 0.3) is 11.1 Å². The number of ketones is 1. The van der Waals surface area contributed by atoms with Gasteiger partial charge in [0.1, 0.15) is 11.9 Å². The van der Waals surface area contributed by atoms with Crippen LogP contribution in [0.5, 0.6) is 5.75 Å². The summed E-state index contributed by atoms with van der Waals surface area (Å²) >= 11 is 1.48. The topological polar surface area (TPSA) is 68.3 Å². The van der Waals surface area contributed by atoms with Gasteiger partial charge in [0.2, 0.25) is 5.91 Å². The predicted molar refractivity (Wildman–Crippen MR) is 109 cm³/mol. The SMILES string of the molecule is CC(=O)c1ccccc1-c1ccc2c(c1)CC(CNC(=O)Cc1cscn1)O2. The minimum atomic E-state index is -0.0901. The van der Waals surface area contributed by atoms with Gasteiger partial charge in [-0.05, 0) is 35.7 Å². The summed E-state index contributed by atoms with van der Waals surface area (Å²) in [6, 6.07) is 13.6. The highest BCUT2D eigenvalue weighted by Crippen LogP contribution is 2.34. The van der Waals surface area contributed by atoms with Crippen molar-refractivity contribution in [1.29, 1.82) is 0 Å². The van der Waals surface area contributed by atoms with Crippen LogP contribution in [0.3, 0.4) is 0 Å². The Morgan fingerprint density at radius 3 is 2.89 bits per heavy atom. The highest BCUT2D eigenvalue weighted by molar-refractivity contribution is 7.07. The minimum absolute atomic E-state index is 0.0491. The third-order valence-electron chi connectivity index (χ3n) is 4.77. The number of aromatic nitrogens is 1. The van der Waals surface area contributed by atoms with Gasteiger partial charge >= 0.3 is 0 Å². The Balaban J connectivity index is 1.42. The molecule has 0 fully saturated rings. The second-order valence-electron chi connectivity index (χ2n) is 6.83. The molecule has 2 heterocycles. The fourth-order valence-corrected chi connectivity index (χ4v) is 3.98. The fraction of sp³-hybridized carbons (Fsp3) is 0.227. The first kappa shape index (κ1) is 18.4. The lowest BCUT2D eigenvalue weighted by molar-refractivity contribution is -0.120. The van der Waals surface area contributed by atoms with Crippen molar-refractivity contribution in [3.05, 3.63) is 70.2 Å². The quantitative estimate of drug-likeness (QED) is 0.650. The Morgan fingerprint density at radius 1 is 1.25 bits per heavy atom. The van der Waals surface area contributed by atoms with Crippen LogP contribution in [0.4, 0.5) is 0 Å². The molecule has 3 aromatic rings. The Morgan fingerprint density at radius 2 is 2.11 bits per heavy atom. The molecule has 1 amide bonds. The Bertz CT molecular complexity index is 1010. The molecule has 0 spiro atoms. The van der Waals surface area contributed by atoms with E-state index in [1.807, 2.05) is 41.8 Å². The van der Waals surface area contributed by atoms with Gasteiger partial charge in [0, 0.05) is 17.4 Å². The summed E-state index contributed by atoms with van der Waals surface area (Å²) in [6.45, 7) is 2.04. The number of carbonyl (C=O) groups excluding carboxylic acids is 2. The molecule has 4 rings (SSSR count). The molecule has 142 valence electrons. The summed E-state index contributed by atoms with van der Waals surface area (Å²) in [4.78, 5) is 28.1. The van der Waals surface area contributed by atoms with Crippen molar-refractivity contribution in [2.75, 3.05) is 6.54 Å². The van der Waals surface area contributed by atoms with Gasteiger partial charge in [0.25, 0.3) is 0 Å². The van der Waals surface area contributed by atoms with Crippen molar-refractivity contribution in [3.63, 3.8) is 0 Å². The van der Waals surface area contributed by atoms with E-state index in [0.29, 0.717) is 12.1 Å². The maximum absolute atomic E-state index is 12.0. The number of hydrogen-bond donors (Lipinski definition) is 1. The summed E-state index contributed by atoms with van der Waals surface area (Å²) in [7, 11) is 0. The molecule has 1 aliphatic rings. The van der Waals surface area contributed by atoms with E-state index >= 15 is 0 Å². The maximum Gasteiger partial charge on any atom is 0.226 e. The number of fused-ring (bicyclic) bond motifs is 1. The van der Waals surface area contributed by atoms with E-state index in [2.05, 4.69) is 16.4 Å². The molecule has 1 unspecified atom stereocenters. The third-order valence-corrected chi connectivity index (χ3v) is 5.41. The van der Waals surface area contributed by atoms with E-state index in [9.17, 15) is 9.59 Å². The molecule has 28 heavy (non-hydrogen) atoms. The lowest BCUT2D eigenvalue weighted by atomic mass is 9.95. The van der Waals surface area contributed by atoms with Crippen LogP contribution in [-0.2, 0) is 17.6 Å². The number of nitrogens with zero attached hydrogens (tertiary/aromatic N) is 1. The third kappa shape index (κ3) is 3.97. The molecular formula is C22H20N2O3S. The number of hydrogen-bond acceptors (Lipinski definition) is 5. The zero-order chi connectivity index (χ0) is 19.5. The largest absolute Gasteiger partial charge is 0.488 e. The molecule has 1 aliphatic heterocycles. The number of amides is 1. The van der Waals surface area contributed by atoms with E-state index in [4.69, 9.17) is 4.74 Å². The summed E-state index contributed by atoms with van der Waals surface area (Å²) in [5.41, 5.74) is 6.24. The first-order valence-corrected chi connectivity index (χ1v) is 10.1. The van der Waals surface area contributed by atoms with Gasteiger partial charge in [-0.15, -0.1) is 11.3 Å². The summed E-state index contributed by atoms with van der Waals surface area (Å²) < 4.78 is 5.97. The van der Waals surface area contributed by atoms with Gasteiger partial charge in [-0.3, -0.25) is 9.59 Å². The van der Waals surface area contributed by atoms with Gasteiger partial charge in [-0.2, -0.15) is 0 Å². The van der Waals surface area contributed by atoms with Gasteiger partial charge in [-0.1, -0.05) is 30.3 Å². The molecule has 0 radical (unpaired) electrons. The number of thiazole rings is 1. The number of carbonyl (C=O) groups is 2. The molecule has 2 aromatic carbocycles. The lowest BCUT2D eigenvalue weighted by Crippen LogP contribution is -2.35. The molecule has 1 N–H and O–H groups in total. The molecule has 5 nitrogen and oxygen atoms in total. The van der Waals surface area contributed by atoms with Crippen LogP contribution in [-0.4, -0.2) is 29.3 Å². The van der Waals surface area contributed by atoms with Crippen LogP contribution >= 0.6 is 11.3 Å². The first-order chi connectivity index (χ1) is 13.6. The van der Waals surface area contributed by atoms with Gasteiger partial charge < -0.3 is 10.1 Å². The van der Waals surface area contributed by atoms with Gasteiger partial charge in [0.05, 0.1) is 24.2 Å². The summed E-state index contributed by atoms with van der Waals surface area (Å²) in [5.74, 6) is 0.831. The number of ether oxygens (including phenoxy) is 1. The molecule has 6 heteroatoms. The Labute approximate surface area is 167 Å². The monoisotopic (exact) mass is 392 g/mol. The first-order valence-electron chi connectivity index (χ1n) is 9.14. The van der Waals surface area contributed by atoms with Crippen molar-refractivity contribution in [3.8, 4) is 16.9 Å². The Hall–Kier alpha value is -2.99. The van der Waals surface area contributed by atoms with Crippen molar-refractivity contribution >= 4 is 23.0 Å². The predicted octanol–water partition coefficient (Wildman–Crippen LogP) is 3.68. The van der Waals surface area contributed by atoms with Crippen LogP contribution in [0.15, 0.2) is 53.4 Å². The van der Waals surface area contributed by atoms with Crippen molar-refractivity contribution in [2.24, 2.45) is 0 Å². The van der Waals surface area contributed by atoms with Crippen molar-refractivity contribution < 1.29 is 14.3 Å². The number of rotatable bonds is 6.